The summed E-state index contributed by atoms with van der Waals surface area (Å²) in [6.45, 7) is 1.84. The summed E-state index contributed by atoms with van der Waals surface area (Å²) in [5.41, 5.74) is 6.21. The third-order valence-electron chi connectivity index (χ3n) is 3.46. The van der Waals surface area contributed by atoms with E-state index in [0.717, 1.165) is 15.6 Å². The van der Waals surface area contributed by atoms with E-state index in [4.69, 9.17) is 0 Å². The summed E-state index contributed by atoms with van der Waals surface area (Å²) in [4.78, 5) is 12.2. The topological polar surface area (TPSA) is 70.1 Å². The Kier molecular flexibility index (Phi) is 4.86. The quantitative estimate of drug-likeness (QED) is 0.528. The zero-order chi connectivity index (χ0) is 16.9. The van der Waals surface area contributed by atoms with Crippen LogP contribution in [-0.4, -0.2) is 21.8 Å². The largest absolute Gasteiger partial charge is 0.289 e. The van der Waals surface area contributed by atoms with Crippen LogP contribution in [0.3, 0.4) is 0 Å². The van der Waals surface area contributed by atoms with Gasteiger partial charge in [-0.15, -0.1) is 0 Å². The zero-order valence-corrected chi connectivity index (χ0v) is 14.5. The lowest BCUT2D eigenvalue weighted by Gasteiger charge is -2.02. The Labute approximate surface area is 147 Å². The van der Waals surface area contributed by atoms with Crippen LogP contribution in [0.2, 0.25) is 0 Å². The van der Waals surface area contributed by atoms with Crippen molar-refractivity contribution < 1.29 is 4.79 Å². The molecule has 0 unspecified atom stereocenters. The van der Waals surface area contributed by atoms with Gasteiger partial charge in [-0.05, 0) is 30.7 Å². The first-order chi connectivity index (χ1) is 11.6. The maximum atomic E-state index is 12.2. The van der Waals surface area contributed by atoms with Crippen LogP contribution in [0.4, 0.5) is 0 Å². The fraction of sp³-hybridized carbons (Fsp3) is 0.0556. The molecule has 0 bridgehead atoms. The van der Waals surface area contributed by atoms with E-state index in [2.05, 4.69) is 36.7 Å². The molecule has 1 amide bonds. The average Bonchev–Trinajstić information content (AvgIpc) is 3.10. The standard InChI is InChI=1S/C18H15BrN4O/c1-12(14-8-5-9-15(19)10-14)20-23-18(24)17-11-16(21-22-17)13-6-3-2-4-7-13/h2-11H,1H3,(H,21,22)(H,23,24)/b20-12-. The molecule has 0 radical (unpaired) electrons. The van der Waals surface area contributed by atoms with Gasteiger partial charge in [0.15, 0.2) is 0 Å². The Hall–Kier alpha value is -2.73. The van der Waals surface area contributed by atoms with Crippen molar-refractivity contribution in [3.63, 3.8) is 0 Å². The molecule has 1 aromatic heterocycles. The molecule has 120 valence electrons. The van der Waals surface area contributed by atoms with Gasteiger partial charge in [-0.2, -0.15) is 10.2 Å². The molecule has 0 aliphatic carbocycles. The normalized spacial score (nSPS) is 11.3. The highest BCUT2D eigenvalue weighted by atomic mass is 79.9. The van der Waals surface area contributed by atoms with Gasteiger partial charge in [-0.25, -0.2) is 5.43 Å². The summed E-state index contributed by atoms with van der Waals surface area (Å²) < 4.78 is 0.960. The van der Waals surface area contributed by atoms with Crippen LogP contribution < -0.4 is 5.43 Å². The van der Waals surface area contributed by atoms with Gasteiger partial charge in [0.25, 0.3) is 5.91 Å². The molecule has 0 spiro atoms. The fourth-order valence-corrected chi connectivity index (χ4v) is 2.57. The molecule has 3 rings (SSSR count). The summed E-state index contributed by atoms with van der Waals surface area (Å²) in [5, 5.41) is 11.0. The van der Waals surface area contributed by atoms with Gasteiger partial charge < -0.3 is 0 Å². The van der Waals surface area contributed by atoms with Gasteiger partial charge in [-0.1, -0.05) is 58.4 Å². The number of amides is 1. The van der Waals surface area contributed by atoms with Crippen molar-refractivity contribution in [2.24, 2.45) is 5.10 Å². The summed E-state index contributed by atoms with van der Waals surface area (Å²) in [6, 6.07) is 19.1. The molecule has 0 atom stereocenters. The Morgan fingerprint density at radius 3 is 2.67 bits per heavy atom. The Balaban J connectivity index is 1.71. The van der Waals surface area contributed by atoms with Crippen molar-refractivity contribution in [2.75, 3.05) is 0 Å². The molecular formula is C18H15BrN4O. The Morgan fingerprint density at radius 2 is 1.92 bits per heavy atom. The highest BCUT2D eigenvalue weighted by molar-refractivity contribution is 9.10. The van der Waals surface area contributed by atoms with Crippen molar-refractivity contribution in [1.82, 2.24) is 15.6 Å². The SMILES string of the molecule is C/C(=N/NC(=O)c1cc(-c2ccccc2)n[nH]1)c1cccc(Br)c1. The van der Waals surface area contributed by atoms with Gasteiger partial charge >= 0.3 is 0 Å². The van der Waals surface area contributed by atoms with E-state index in [1.807, 2.05) is 61.5 Å². The molecule has 0 saturated carbocycles. The third-order valence-corrected chi connectivity index (χ3v) is 3.95. The zero-order valence-electron chi connectivity index (χ0n) is 13.0. The molecule has 3 aromatic rings. The van der Waals surface area contributed by atoms with Crippen molar-refractivity contribution in [3.8, 4) is 11.3 Å². The van der Waals surface area contributed by atoms with E-state index in [1.165, 1.54) is 0 Å². The number of carbonyl (C=O) groups is 1. The molecule has 0 aliphatic rings. The minimum absolute atomic E-state index is 0.334. The van der Waals surface area contributed by atoms with Crippen LogP contribution in [0.5, 0.6) is 0 Å². The predicted octanol–water partition coefficient (Wildman–Crippen LogP) is 3.99. The lowest BCUT2D eigenvalue weighted by atomic mass is 10.1. The number of hydrogen-bond donors (Lipinski definition) is 2. The van der Waals surface area contributed by atoms with Crippen LogP contribution in [0.25, 0.3) is 11.3 Å². The predicted molar refractivity (Wildman–Crippen MR) is 97.8 cm³/mol. The van der Waals surface area contributed by atoms with Crippen LogP contribution in [0, 0.1) is 0 Å². The van der Waals surface area contributed by atoms with Crippen molar-refractivity contribution in [3.05, 3.63) is 76.4 Å². The van der Waals surface area contributed by atoms with Crippen LogP contribution >= 0.6 is 15.9 Å². The second-order valence-electron chi connectivity index (χ2n) is 5.18. The Bertz CT molecular complexity index is 887. The second kappa shape index (κ2) is 7.23. The number of carbonyl (C=O) groups excluding carboxylic acids is 1. The van der Waals surface area contributed by atoms with Crippen LogP contribution in [-0.2, 0) is 0 Å². The third kappa shape index (κ3) is 3.78. The van der Waals surface area contributed by atoms with E-state index < -0.39 is 0 Å². The summed E-state index contributed by atoms with van der Waals surface area (Å²) >= 11 is 3.42. The molecule has 2 aromatic carbocycles. The van der Waals surface area contributed by atoms with Crippen molar-refractivity contribution >= 4 is 27.5 Å². The first-order valence-electron chi connectivity index (χ1n) is 7.35. The van der Waals surface area contributed by atoms with E-state index >= 15 is 0 Å². The number of nitrogens with one attached hydrogen (secondary N) is 2. The molecule has 0 saturated heterocycles. The molecule has 5 nitrogen and oxygen atoms in total. The Morgan fingerprint density at radius 1 is 1.12 bits per heavy atom. The number of nitrogens with zero attached hydrogens (tertiary/aromatic N) is 2. The minimum atomic E-state index is -0.334. The smallest absolute Gasteiger partial charge is 0.272 e. The number of aromatic amines is 1. The van der Waals surface area contributed by atoms with E-state index in [9.17, 15) is 4.79 Å². The first-order valence-corrected chi connectivity index (χ1v) is 8.14. The number of hydrogen-bond acceptors (Lipinski definition) is 3. The van der Waals surface area contributed by atoms with Gasteiger partial charge in [0.1, 0.15) is 5.69 Å². The van der Waals surface area contributed by atoms with E-state index in [1.54, 1.807) is 6.07 Å². The van der Waals surface area contributed by atoms with E-state index in [0.29, 0.717) is 17.1 Å². The molecule has 6 heteroatoms. The van der Waals surface area contributed by atoms with Gasteiger partial charge in [0.2, 0.25) is 0 Å². The molecule has 1 heterocycles. The highest BCUT2D eigenvalue weighted by Crippen LogP contribution is 2.17. The maximum Gasteiger partial charge on any atom is 0.289 e. The monoisotopic (exact) mass is 382 g/mol. The minimum Gasteiger partial charge on any atom is -0.272 e. The summed E-state index contributed by atoms with van der Waals surface area (Å²) in [7, 11) is 0. The maximum absolute atomic E-state index is 12.2. The molecule has 0 aliphatic heterocycles. The van der Waals surface area contributed by atoms with Crippen molar-refractivity contribution in [1.29, 1.82) is 0 Å². The summed E-state index contributed by atoms with van der Waals surface area (Å²) in [5.74, 6) is -0.334. The lowest BCUT2D eigenvalue weighted by molar-refractivity contribution is 0.0950. The number of aromatic nitrogens is 2. The first kappa shape index (κ1) is 16.1. The highest BCUT2D eigenvalue weighted by Gasteiger charge is 2.10. The fourth-order valence-electron chi connectivity index (χ4n) is 2.17. The molecule has 24 heavy (non-hydrogen) atoms. The van der Waals surface area contributed by atoms with Crippen LogP contribution in [0.15, 0.2) is 70.2 Å². The number of hydrazone groups is 1. The van der Waals surface area contributed by atoms with Gasteiger partial charge in [-0.3, -0.25) is 9.89 Å². The average molecular weight is 383 g/mol. The van der Waals surface area contributed by atoms with Crippen LogP contribution in [0.1, 0.15) is 23.0 Å². The van der Waals surface area contributed by atoms with E-state index in [-0.39, 0.29) is 5.91 Å². The summed E-state index contributed by atoms with van der Waals surface area (Å²) in [6.07, 6.45) is 0. The number of halogens is 1. The van der Waals surface area contributed by atoms with Gasteiger partial charge in [0, 0.05) is 10.0 Å². The molecule has 0 fully saturated rings. The number of benzene rings is 2. The second-order valence-corrected chi connectivity index (χ2v) is 6.10. The van der Waals surface area contributed by atoms with Gasteiger partial charge in [0.05, 0.1) is 11.4 Å². The number of rotatable bonds is 4. The van der Waals surface area contributed by atoms with Crippen molar-refractivity contribution in [2.45, 2.75) is 6.92 Å². The number of H-pyrrole nitrogens is 1. The molecular weight excluding hydrogens is 368 g/mol. The molecule has 2 N–H and O–H groups in total. The lowest BCUT2D eigenvalue weighted by Crippen LogP contribution is -2.19.